The minimum absolute atomic E-state index is 0.00629. The summed E-state index contributed by atoms with van der Waals surface area (Å²) in [4.78, 5) is 4.35. The minimum atomic E-state index is -3.88. The van der Waals surface area contributed by atoms with Gasteiger partial charge in [0.15, 0.2) is 5.52 Å². The zero-order chi connectivity index (χ0) is 21.3. The normalized spacial score (nSPS) is 12.9. The molecule has 1 unspecified atom stereocenters. The van der Waals surface area contributed by atoms with Gasteiger partial charge < -0.3 is 4.74 Å². The van der Waals surface area contributed by atoms with Crippen molar-refractivity contribution in [3.05, 3.63) is 59.9 Å². The lowest BCUT2D eigenvalue weighted by molar-refractivity contribution is 0.315. The average Bonchev–Trinajstić information content (AvgIpc) is 3.35. The maximum absolute atomic E-state index is 13.0. The molecule has 2 heterocycles. The van der Waals surface area contributed by atoms with Gasteiger partial charge in [0.05, 0.1) is 17.9 Å². The summed E-state index contributed by atoms with van der Waals surface area (Å²) in [6.45, 7) is 6.25. The average molecular weight is 427 g/mol. The van der Waals surface area contributed by atoms with Gasteiger partial charge >= 0.3 is 6.01 Å². The number of fused-ring (bicyclic) bond motifs is 1. The predicted molar refractivity (Wildman–Crippen MR) is 110 cm³/mol. The van der Waals surface area contributed by atoms with E-state index in [4.69, 9.17) is 4.74 Å². The van der Waals surface area contributed by atoms with Crippen molar-refractivity contribution in [3.8, 4) is 11.8 Å². The van der Waals surface area contributed by atoms with E-state index in [9.17, 15) is 8.42 Å². The van der Waals surface area contributed by atoms with Gasteiger partial charge in [-0.3, -0.25) is 4.57 Å². The third-order valence-electron chi connectivity index (χ3n) is 4.71. The quantitative estimate of drug-likeness (QED) is 0.480. The van der Waals surface area contributed by atoms with Crippen LogP contribution in [0.4, 0.5) is 0 Å². The number of nitrogens with zero attached hydrogens (tertiary/aromatic N) is 4. The number of imidazole rings is 1. The Labute approximate surface area is 173 Å². The third kappa shape index (κ3) is 3.79. The summed E-state index contributed by atoms with van der Waals surface area (Å²) >= 11 is 0. The highest BCUT2D eigenvalue weighted by Crippen LogP contribution is 2.27. The van der Waals surface area contributed by atoms with Crippen molar-refractivity contribution >= 4 is 21.1 Å². The number of aromatic nitrogens is 4. The van der Waals surface area contributed by atoms with Crippen LogP contribution in [0.2, 0.25) is 0 Å². The highest BCUT2D eigenvalue weighted by Gasteiger charge is 2.25. The van der Waals surface area contributed by atoms with E-state index in [2.05, 4.69) is 24.6 Å². The van der Waals surface area contributed by atoms with Crippen molar-refractivity contribution in [2.45, 2.75) is 38.3 Å². The van der Waals surface area contributed by atoms with Crippen LogP contribution in [0.1, 0.15) is 31.1 Å². The molecule has 0 aliphatic rings. The van der Waals surface area contributed by atoms with Crippen LogP contribution in [0.5, 0.6) is 11.8 Å². The Hall–Kier alpha value is -3.24. The molecule has 1 N–H and O–H groups in total. The molecule has 10 heteroatoms. The number of sulfonamides is 1. The Morgan fingerprint density at radius 1 is 1.17 bits per heavy atom. The molecule has 0 aliphatic carbocycles. The fraction of sp³-hybridized carbons (Fsp3) is 0.250. The summed E-state index contributed by atoms with van der Waals surface area (Å²) in [7, 11) is -3.88. The molecule has 0 spiro atoms. The smallest absolute Gasteiger partial charge is 0.302 e. The Balaban J connectivity index is 1.60. The summed E-state index contributed by atoms with van der Waals surface area (Å²) in [5, 5.41) is 7.41. The van der Waals surface area contributed by atoms with Gasteiger partial charge in [-0.05, 0) is 55.4 Å². The molecule has 2 aromatic carbocycles. The summed E-state index contributed by atoms with van der Waals surface area (Å²) in [5.41, 5.74) is 2.36. The van der Waals surface area contributed by atoms with Gasteiger partial charge in [-0.1, -0.05) is 23.8 Å². The number of benzene rings is 2. The molecule has 1 atom stereocenters. The fourth-order valence-corrected chi connectivity index (χ4v) is 4.55. The highest BCUT2D eigenvalue weighted by atomic mass is 32.2. The molecule has 4 rings (SSSR count). The second kappa shape index (κ2) is 7.88. The van der Waals surface area contributed by atoms with Gasteiger partial charge in [-0.15, -0.1) is 0 Å². The molecule has 0 aliphatic heterocycles. The highest BCUT2D eigenvalue weighted by molar-refractivity contribution is 7.89. The van der Waals surface area contributed by atoms with Crippen LogP contribution in [-0.4, -0.2) is 28.3 Å². The summed E-state index contributed by atoms with van der Waals surface area (Å²) < 4.78 is 41.0. The molecule has 0 bridgehead atoms. The summed E-state index contributed by atoms with van der Waals surface area (Å²) in [6, 6.07) is 12.1. The van der Waals surface area contributed by atoms with Crippen molar-refractivity contribution in [3.63, 3.8) is 0 Å². The molecule has 156 valence electrons. The lowest BCUT2D eigenvalue weighted by Crippen LogP contribution is -2.28. The predicted octanol–water partition coefficient (Wildman–Crippen LogP) is 3.58. The van der Waals surface area contributed by atoms with Gasteiger partial charge in [0.25, 0.3) is 0 Å². The van der Waals surface area contributed by atoms with Crippen LogP contribution in [0.15, 0.2) is 58.2 Å². The number of nitrogens with one attached hydrogen (secondary N) is 1. The van der Waals surface area contributed by atoms with Crippen LogP contribution < -0.4 is 9.46 Å². The molecule has 30 heavy (non-hydrogen) atoms. The monoisotopic (exact) mass is 427 g/mol. The van der Waals surface area contributed by atoms with Gasteiger partial charge in [0.1, 0.15) is 16.2 Å². The van der Waals surface area contributed by atoms with Crippen LogP contribution >= 0.6 is 0 Å². The summed E-state index contributed by atoms with van der Waals surface area (Å²) in [5.74, 6) is 0.658. The molecule has 2 aromatic heterocycles. The fourth-order valence-electron chi connectivity index (χ4n) is 3.18. The topological polar surface area (TPSA) is 112 Å². The van der Waals surface area contributed by atoms with E-state index in [1.165, 1.54) is 6.07 Å². The molecular formula is C20H21N5O4S. The van der Waals surface area contributed by atoms with Crippen LogP contribution in [0.25, 0.3) is 11.0 Å². The molecule has 9 nitrogen and oxygen atoms in total. The van der Waals surface area contributed by atoms with Crippen molar-refractivity contribution < 1.29 is 17.8 Å². The first-order valence-corrected chi connectivity index (χ1v) is 10.9. The lowest BCUT2D eigenvalue weighted by Gasteiger charge is -2.17. The summed E-state index contributed by atoms with van der Waals surface area (Å²) in [6.07, 6.45) is 1.61. The van der Waals surface area contributed by atoms with E-state index in [1.807, 2.05) is 42.7 Å². The van der Waals surface area contributed by atoms with Crippen molar-refractivity contribution in [2.75, 3.05) is 0 Å². The Morgan fingerprint density at radius 3 is 2.67 bits per heavy atom. The standard InChI is InChI=1S/C20H21N5O4S/c1-4-25-17(12-21-20(25)28-15-10-8-13(2)9-11-15)14(3)24-30(26,27)18-7-5-6-16-19(18)23-29-22-16/h5-12,14,24H,4H2,1-3H3. The van der Waals surface area contributed by atoms with E-state index in [1.54, 1.807) is 25.3 Å². The van der Waals surface area contributed by atoms with Crippen molar-refractivity contribution in [1.29, 1.82) is 0 Å². The minimum Gasteiger partial charge on any atom is -0.426 e. The Bertz CT molecular complexity index is 1280. The lowest BCUT2D eigenvalue weighted by atomic mass is 10.2. The molecule has 4 aromatic rings. The number of aryl methyl sites for hydroxylation is 1. The van der Waals surface area contributed by atoms with E-state index >= 15 is 0 Å². The van der Waals surface area contributed by atoms with Gasteiger partial charge in [0, 0.05) is 6.54 Å². The molecule has 0 radical (unpaired) electrons. The van der Waals surface area contributed by atoms with E-state index in [0.717, 1.165) is 5.56 Å². The molecule has 0 amide bonds. The molecule has 0 saturated heterocycles. The number of rotatable bonds is 7. The SMILES string of the molecule is CCn1c(C(C)NS(=O)(=O)c2cccc3nonc23)cnc1Oc1ccc(C)cc1. The van der Waals surface area contributed by atoms with Crippen molar-refractivity contribution in [1.82, 2.24) is 24.6 Å². The zero-order valence-corrected chi connectivity index (χ0v) is 17.5. The van der Waals surface area contributed by atoms with E-state index in [-0.39, 0.29) is 10.4 Å². The first-order chi connectivity index (χ1) is 14.4. The Morgan fingerprint density at radius 2 is 1.93 bits per heavy atom. The zero-order valence-electron chi connectivity index (χ0n) is 16.7. The maximum Gasteiger partial charge on any atom is 0.302 e. The van der Waals surface area contributed by atoms with E-state index < -0.39 is 16.1 Å². The Kier molecular flexibility index (Phi) is 5.27. The second-order valence-corrected chi connectivity index (χ2v) is 8.54. The molecule has 0 fully saturated rings. The number of hydrogen-bond donors (Lipinski definition) is 1. The van der Waals surface area contributed by atoms with E-state index in [0.29, 0.717) is 29.5 Å². The van der Waals surface area contributed by atoms with Crippen LogP contribution in [0, 0.1) is 6.92 Å². The number of hydrogen-bond acceptors (Lipinski definition) is 7. The largest absolute Gasteiger partial charge is 0.426 e. The van der Waals surface area contributed by atoms with Gasteiger partial charge in [-0.25, -0.2) is 22.8 Å². The van der Waals surface area contributed by atoms with Crippen LogP contribution in [0.3, 0.4) is 0 Å². The first kappa shape index (κ1) is 20.0. The first-order valence-electron chi connectivity index (χ1n) is 9.42. The third-order valence-corrected chi connectivity index (χ3v) is 6.28. The van der Waals surface area contributed by atoms with Crippen LogP contribution in [-0.2, 0) is 16.6 Å². The van der Waals surface area contributed by atoms with Gasteiger partial charge in [-0.2, -0.15) is 0 Å². The molecule has 0 saturated carbocycles. The maximum atomic E-state index is 13.0. The van der Waals surface area contributed by atoms with Gasteiger partial charge in [0.2, 0.25) is 10.0 Å². The number of ether oxygens (including phenoxy) is 1. The molecular weight excluding hydrogens is 406 g/mol. The second-order valence-electron chi connectivity index (χ2n) is 6.86. The van der Waals surface area contributed by atoms with Crippen molar-refractivity contribution in [2.24, 2.45) is 0 Å².